The number of nitrogens with two attached hydrogens (primary N) is 2. The molecule has 21 heavy (non-hydrogen) atoms. The highest BCUT2D eigenvalue weighted by Gasteiger charge is 2.19. The van der Waals surface area contributed by atoms with Crippen molar-refractivity contribution in [2.45, 2.75) is 26.7 Å². The molecule has 0 spiro atoms. The SMILES string of the molecule is CC=CCCc1cc(C)c(C(=O)N=C(N)N)cc1[N+](=O)[O-]. The van der Waals surface area contributed by atoms with E-state index in [0.717, 1.165) is 0 Å². The first kappa shape index (κ1) is 16.4. The van der Waals surface area contributed by atoms with Gasteiger partial charge >= 0.3 is 0 Å². The zero-order valence-corrected chi connectivity index (χ0v) is 12.0. The third-order valence-electron chi connectivity index (χ3n) is 2.90. The number of allylic oxidation sites excluding steroid dienone is 2. The monoisotopic (exact) mass is 290 g/mol. The van der Waals surface area contributed by atoms with Crippen LogP contribution in [0.25, 0.3) is 0 Å². The summed E-state index contributed by atoms with van der Waals surface area (Å²) in [5.74, 6) is -1.06. The maximum Gasteiger partial charge on any atom is 0.280 e. The average Bonchev–Trinajstić information content (AvgIpc) is 2.37. The van der Waals surface area contributed by atoms with E-state index < -0.39 is 10.8 Å². The van der Waals surface area contributed by atoms with Crippen LogP contribution in [0, 0.1) is 17.0 Å². The predicted molar refractivity (Wildman–Crippen MR) is 81.1 cm³/mol. The molecule has 0 aliphatic carbocycles. The standard InChI is InChI=1S/C14H18N4O3/c1-3-4-5-6-10-7-9(2)11(8-12(10)18(20)21)13(19)17-14(15)16/h3-4,7-8H,5-6H2,1-2H3,(H4,15,16,17,19). The molecule has 1 aromatic carbocycles. The molecule has 0 aliphatic heterocycles. The molecule has 7 heteroatoms. The molecule has 0 heterocycles. The predicted octanol–water partition coefficient (Wildman–Crippen LogP) is 1.83. The molecule has 1 aromatic rings. The molecule has 0 radical (unpaired) electrons. The van der Waals surface area contributed by atoms with E-state index in [-0.39, 0.29) is 17.2 Å². The van der Waals surface area contributed by atoms with Gasteiger partial charge in [0.2, 0.25) is 0 Å². The molecule has 1 rings (SSSR count). The van der Waals surface area contributed by atoms with Crippen LogP contribution in [0.3, 0.4) is 0 Å². The van der Waals surface area contributed by atoms with E-state index >= 15 is 0 Å². The Hall–Kier alpha value is -2.70. The fraction of sp³-hybridized carbons (Fsp3) is 0.286. The van der Waals surface area contributed by atoms with Gasteiger partial charge in [-0.2, -0.15) is 4.99 Å². The smallest absolute Gasteiger partial charge is 0.280 e. The number of hydrogen-bond acceptors (Lipinski definition) is 3. The lowest BCUT2D eigenvalue weighted by Crippen LogP contribution is -2.24. The second kappa shape index (κ2) is 7.18. The molecule has 4 N–H and O–H groups in total. The summed E-state index contributed by atoms with van der Waals surface area (Å²) in [5, 5.41) is 11.2. The lowest BCUT2D eigenvalue weighted by atomic mass is 9.99. The third-order valence-corrected chi connectivity index (χ3v) is 2.90. The van der Waals surface area contributed by atoms with Crippen LogP contribution in [0.1, 0.15) is 34.8 Å². The van der Waals surface area contributed by atoms with Gasteiger partial charge in [0.1, 0.15) is 0 Å². The Bertz CT molecular complexity index is 617. The van der Waals surface area contributed by atoms with Gasteiger partial charge in [0.05, 0.1) is 10.5 Å². The van der Waals surface area contributed by atoms with Gasteiger partial charge in [-0.15, -0.1) is 0 Å². The average molecular weight is 290 g/mol. The minimum Gasteiger partial charge on any atom is -0.370 e. The van der Waals surface area contributed by atoms with Crippen molar-refractivity contribution in [3.8, 4) is 0 Å². The second-order valence-corrected chi connectivity index (χ2v) is 4.50. The second-order valence-electron chi connectivity index (χ2n) is 4.50. The number of benzene rings is 1. The molecule has 7 nitrogen and oxygen atoms in total. The fourth-order valence-electron chi connectivity index (χ4n) is 1.94. The van der Waals surface area contributed by atoms with Crippen molar-refractivity contribution < 1.29 is 9.72 Å². The highest BCUT2D eigenvalue weighted by atomic mass is 16.6. The maximum atomic E-state index is 11.8. The van der Waals surface area contributed by atoms with Crippen LogP contribution >= 0.6 is 0 Å². The van der Waals surface area contributed by atoms with Crippen LogP contribution in [0.5, 0.6) is 0 Å². The van der Waals surface area contributed by atoms with E-state index in [1.165, 1.54) is 6.07 Å². The van der Waals surface area contributed by atoms with Crippen molar-refractivity contribution in [3.05, 3.63) is 51.1 Å². The summed E-state index contributed by atoms with van der Waals surface area (Å²) in [5.41, 5.74) is 11.5. The number of nitro benzene ring substituents is 1. The quantitative estimate of drug-likeness (QED) is 0.281. The first-order valence-corrected chi connectivity index (χ1v) is 6.39. The van der Waals surface area contributed by atoms with Crippen LogP contribution < -0.4 is 11.5 Å². The summed E-state index contributed by atoms with van der Waals surface area (Å²) in [7, 11) is 0. The van der Waals surface area contributed by atoms with Gasteiger partial charge in [0.15, 0.2) is 5.96 Å². The molecule has 0 saturated heterocycles. The van der Waals surface area contributed by atoms with Gasteiger partial charge in [-0.3, -0.25) is 14.9 Å². The summed E-state index contributed by atoms with van der Waals surface area (Å²) < 4.78 is 0. The number of aryl methyl sites for hydroxylation is 2. The zero-order chi connectivity index (χ0) is 16.0. The highest BCUT2D eigenvalue weighted by Crippen LogP contribution is 2.25. The molecule has 0 unspecified atom stereocenters. The van der Waals surface area contributed by atoms with Gasteiger partial charge in [0, 0.05) is 11.6 Å². The number of carbonyl (C=O) groups excluding carboxylic acids is 1. The molecule has 0 bridgehead atoms. The van der Waals surface area contributed by atoms with Gasteiger partial charge < -0.3 is 11.5 Å². The summed E-state index contributed by atoms with van der Waals surface area (Å²) in [6.45, 7) is 3.58. The molecule has 0 fully saturated rings. The van der Waals surface area contributed by atoms with E-state index in [1.54, 1.807) is 13.0 Å². The van der Waals surface area contributed by atoms with E-state index in [9.17, 15) is 14.9 Å². The molecule has 0 aliphatic rings. The Morgan fingerprint density at radius 1 is 1.43 bits per heavy atom. The zero-order valence-electron chi connectivity index (χ0n) is 12.0. The van der Waals surface area contributed by atoms with E-state index in [2.05, 4.69) is 4.99 Å². The molecule has 112 valence electrons. The first-order chi connectivity index (χ1) is 9.86. The molecular weight excluding hydrogens is 272 g/mol. The van der Waals surface area contributed by atoms with Crippen LogP contribution in [0.15, 0.2) is 29.3 Å². The Balaban J connectivity index is 3.26. The molecule has 0 atom stereocenters. The maximum absolute atomic E-state index is 11.8. The summed E-state index contributed by atoms with van der Waals surface area (Å²) in [6, 6.07) is 2.87. The van der Waals surface area contributed by atoms with Crippen molar-refractivity contribution in [1.82, 2.24) is 0 Å². The summed E-state index contributed by atoms with van der Waals surface area (Å²) in [6.07, 6.45) is 5.03. The van der Waals surface area contributed by atoms with E-state index in [0.29, 0.717) is 24.0 Å². The molecular formula is C14H18N4O3. The third kappa shape index (κ3) is 4.41. The number of carbonyl (C=O) groups is 1. The lowest BCUT2D eigenvalue weighted by Gasteiger charge is -2.07. The molecule has 1 amide bonds. The van der Waals surface area contributed by atoms with E-state index in [4.69, 9.17) is 11.5 Å². The highest BCUT2D eigenvalue weighted by molar-refractivity contribution is 6.03. The normalized spacial score (nSPS) is 10.6. The van der Waals surface area contributed by atoms with Crippen LogP contribution in [-0.2, 0) is 6.42 Å². The molecule has 0 saturated carbocycles. The van der Waals surface area contributed by atoms with E-state index in [1.807, 2.05) is 19.1 Å². The van der Waals surface area contributed by atoms with Gasteiger partial charge in [0.25, 0.3) is 11.6 Å². The Morgan fingerprint density at radius 2 is 2.10 bits per heavy atom. The minimum atomic E-state index is -0.685. The van der Waals surface area contributed by atoms with Crippen molar-refractivity contribution in [1.29, 1.82) is 0 Å². The van der Waals surface area contributed by atoms with Gasteiger partial charge in [-0.1, -0.05) is 12.2 Å². The Labute approximate surface area is 122 Å². The Morgan fingerprint density at radius 3 is 2.62 bits per heavy atom. The van der Waals surface area contributed by atoms with Crippen molar-refractivity contribution in [2.24, 2.45) is 16.5 Å². The number of nitro groups is 1. The number of hydrogen-bond donors (Lipinski definition) is 2. The summed E-state index contributed by atoms with van der Waals surface area (Å²) in [4.78, 5) is 25.9. The first-order valence-electron chi connectivity index (χ1n) is 6.39. The number of nitrogens with zero attached hydrogens (tertiary/aromatic N) is 2. The van der Waals surface area contributed by atoms with Crippen LogP contribution in [0.4, 0.5) is 5.69 Å². The van der Waals surface area contributed by atoms with Crippen molar-refractivity contribution in [2.75, 3.05) is 0 Å². The van der Waals surface area contributed by atoms with Crippen LogP contribution in [-0.4, -0.2) is 16.8 Å². The number of rotatable bonds is 5. The van der Waals surface area contributed by atoms with Crippen LogP contribution in [0.2, 0.25) is 0 Å². The Kier molecular flexibility index (Phi) is 5.59. The number of amides is 1. The topological polar surface area (TPSA) is 125 Å². The fourth-order valence-corrected chi connectivity index (χ4v) is 1.94. The lowest BCUT2D eigenvalue weighted by molar-refractivity contribution is -0.385. The minimum absolute atomic E-state index is 0.0979. The number of aliphatic imine (C=N–C) groups is 1. The van der Waals surface area contributed by atoms with Crippen molar-refractivity contribution >= 4 is 17.6 Å². The van der Waals surface area contributed by atoms with Crippen molar-refractivity contribution in [3.63, 3.8) is 0 Å². The summed E-state index contributed by atoms with van der Waals surface area (Å²) >= 11 is 0. The van der Waals surface area contributed by atoms with Gasteiger partial charge in [-0.25, -0.2) is 0 Å². The number of guanidine groups is 1. The largest absolute Gasteiger partial charge is 0.370 e. The van der Waals surface area contributed by atoms with Gasteiger partial charge in [-0.05, 0) is 38.3 Å². The molecule has 0 aromatic heterocycles.